The van der Waals surface area contributed by atoms with E-state index in [1.54, 1.807) is 4.90 Å². The lowest BCUT2D eigenvalue weighted by atomic mass is 9.98. The van der Waals surface area contributed by atoms with Crippen molar-refractivity contribution in [3.63, 3.8) is 0 Å². The van der Waals surface area contributed by atoms with Crippen LogP contribution in [0.15, 0.2) is 41.4 Å². The number of amides is 2. The Kier molecular flexibility index (Phi) is 6.90. The zero-order chi connectivity index (χ0) is 23.6. The van der Waals surface area contributed by atoms with Gasteiger partial charge in [0.05, 0.1) is 5.92 Å². The monoisotopic (exact) mass is 472 g/mol. The van der Waals surface area contributed by atoms with E-state index in [1.807, 2.05) is 31.2 Å². The zero-order valence-corrected chi connectivity index (χ0v) is 20.0. The van der Waals surface area contributed by atoms with Crippen LogP contribution in [0.3, 0.4) is 0 Å². The van der Waals surface area contributed by atoms with Crippen molar-refractivity contribution in [3.8, 4) is 0 Å². The molecule has 178 valence electrons. The number of hydrogen-bond donors (Lipinski definition) is 2. The van der Waals surface area contributed by atoms with Crippen molar-refractivity contribution in [2.24, 2.45) is 11.8 Å². The standard InChI is InChI=1S/C24H32N4O4S/c1-17-5-7-20(8-6-17)26-23(29)19-4-3-11-28(16-19)33(31,32)21-14-22(25-15-21)24(30)27-12-9-18(2)10-13-27/h5-8,14-15,18-19,25H,3-4,9-13,16H2,1-2H3,(H,26,29)/t19-/m0/s1. The fraction of sp³-hybridized carbons (Fsp3) is 0.500. The minimum atomic E-state index is -3.81. The van der Waals surface area contributed by atoms with Crippen molar-refractivity contribution >= 4 is 27.5 Å². The average Bonchev–Trinajstić information content (AvgIpc) is 3.32. The number of piperidine rings is 2. The molecule has 2 amide bonds. The van der Waals surface area contributed by atoms with Crippen LogP contribution in [0.5, 0.6) is 0 Å². The molecule has 2 aliphatic heterocycles. The van der Waals surface area contributed by atoms with Crippen LogP contribution in [0.2, 0.25) is 0 Å². The summed E-state index contributed by atoms with van der Waals surface area (Å²) < 4.78 is 27.9. The third-order valence-electron chi connectivity index (χ3n) is 6.67. The number of carbonyl (C=O) groups excluding carboxylic acids is 2. The van der Waals surface area contributed by atoms with E-state index in [0.717, 1.165) is 18.4 Å². The van der Waals surface area contributed by atoms with E-state index < -0.39 is 15.9 Å². The Morgan fingerprint density at radius 1 is 1.06 bits per heavy atom. The van der Waals surface area contributed by atoms with E-state index in [9.17, 15) is 18.0 Å². The largest absolute Gasteiger partial charge is 0.356 e. The second-order valence-corrected chi connectivity index (χ2v) is 11.2. The van der Waals surface area contributed by atoms with Crippen molar-refractivity contribution in [2.45, 2.75) is 44.4 Å². The fourth-order valence-corrected chi connectivity index (χ4v) is 5.95. The van der Waals surface area contributed by atoms with Gasteiger partial charge in [-0.25, -0.2) is 8.42 Å². The smallest absolute Gasteiger partial charge is 0.270 e. The summed E-state index contributed by atoms with van der Waals surface area (Å²) in [5.41, 5.74) is 2.09. The number of hydrogen-bond acceptors (Lipinski definition) is 4. The van der Waals surface area contributed by atoms with Gasteiger partial charge in [-0.3, -0.25) is 9.59 Å². The number of carbonyl (C=O) groups is 2. The van der Waals surface area contributed by atoms with Crippen LogP contribution in [0.25, 0.3) is 0 Å². The summed E-state index contributed by atoms with van der Waals surface area (Å²) in [5.74, 6) is -0.172. The molecular weight excluding hydrogens is 440 g/mol. The van der Waals surface area contributed by atoms with E-state index in [1.165, 1.54) is 16.6 Å². The van der Waals surface area contributed by atoms with Gasteiger partial charge in [0.15, 0.2) is 0 Å². The van der Waals surface area contributed by atoms with Crippen molar-refractivity contribution in [1.82, 2.24) is 14.2 Å². The first-order chi connectivity index (χ1) is 15.7. The first-order valence-electron chi connectivity index (χ1n) is 11.6. The molecule has 2 aliphatic rings. The number of aromatic nitrogens is 1. The Labute approximate surface area is 195 Å². The minimum Gasteiger partial charge on any atom is -0.356 e. The Balaban J connectivity index is 1.42. The number of benzene rings is 1. The highest BCUT2D eigenvalue weighted by Crippen LogP contribution is 2.26. The summed E-state index contributed by atoms with van der Waals surface area (Å²) >= 11 is 0. The number of sulfonamides is 1. The van der Waals surface area contributed by atoms with Crippen molar-refractivity contribution in [3.05, 3.63) is 47.8 Å². The number of nitrogens with zero attached hydrogens (tertiary/aromatic N) is 2. The molecule has 2 aromatic rings. The highest BCUT2D eigenvalue weighted by Gasteiger charge is 2.34. The number of H-pyrrole nitrogens is 1. The SMILES string of the molecule is Cc1ccc(NC(=O)[C@H]2CCCN(S(=O)(=O)c3c[nH]c(C(=O)N4CCC(C)CC4)c3)C2)cc1. The van der Waals surface area contributed by atoms with Crippen molar-refractivity contribution < 1.29 is 18.0 Å². The molecule has 0 aliphatic carbocycles. The van der Waals surface area contributed by atoms with Gasteiger partial charge < -0.3 is 15.2 Å². The molecule has 1 aromatic heterocycles. The lowest BCUT2D eigenvalue weighted by Crippen LogP contribution is -2.43. The molecule has 3 heterocycles. The van der Waals surface area contributed by atoms with Gasteiger partial charge in [-0.15, -0.1) is 0 Å². The second kappa shape index (κ2) is 9.69. The quantitative estimate of drug-likeness (QED) is 0.697. The molecule has 4 rings (SSSR count). The van der Waals surface area contributed by atoms with Crippen LogP contribution in [0.1, 0.15) is 48.7 Å². The summed E-state index contributed by atoms with van der Waals surface area (Å²) in [5, 5.41) is 2.89. The Morgan fingerprint density at radius 2 is 1.76 bits per heavy atom. The van der Waals surface area contributed by atoms with Crippen molar-refractivity contribution in [1.29, 1.82) is 0 Å². The lowest BCUT2D eigenvalue weighted by molar-refractivity contribution is -0.120. The van der Waals surface area contributed by atoms with Gasteiger partial charge in [0.2, 0.25) is 15.9 Å². The predicted molar refractivity (Wildman–Crippen MR) is 126 cm³/mol. The van der Waals surface area contributed by atoms with Crippen LogP contribution in [0, 0.1) is 18.8 Å². The maximum Gasteiger partial charge on any atom is 0.270 e. The molecule has 2 N–H and O–H groups in total. The van der Waals surface area contributed by atoms with Crippen LogP contribution in [-0.4, -0.2) is 60.6 Å². The summed E-state index contributed by atoms with van der Waals surface area (Å²) in [6.07, 6.45) is 4.53. The Hall–Kier alpha value is -2.65. The first kappa shape index (κ1) is 23.5. The zero-order valence-electron chi connectivity index (χ0n) is 19.2. The number of anilines is 1. The van der Waals surface area contributed by atoms with Gasteiger partial charge >= 0.3 is 0 Å². The van der Waals surface area contributed by atoms with Crippen LogP contribution < -0.4 is 5.32 Å². The van der Waals surface area contributed by atoms with Crippen molar-refractivity contribution in [2.75, 3.05) is 31.5 Å². The van der Waals surface area contributed by atoms with Gasteiger partial charge in [-0.1, -0.05) is 24.6 Å². The molecule has 0 spiro atoms. The fourth-order valence-electron chi connectivity index (χ4n) is 4.43. The molecule has 0 radical (unpaired) electrons. The van der Waals surface area contributed by atoms with E-state index in [0.29, 0.717) is 44.1 Å². The molecular formula is C24H32N4O4S. The number of aromatic amines is 1. The van der Waals surface area contributed by atoms with Crippen LogP contribution in [0.4, 0.5) is 5.69 Å². The molecule has 2 fully saturated rings. The Bertz CT molecular complexity index is 1100. The number of nitrogens with one attached hydrogen (secondary N) is 2. The lowest BCUT2D eigenvalue weighted by Gasteiger charge is -2.31. The normalized spacial score (nSPS) is 20.5. The number of rotatable bonds is 5. The highest BCUT2D eigenvalue weighted by atomic mass is 32.2. The summed E-state index contributed by atoms with van der Waals surface area (Å²) in [4.78, 5) is 30.2. The van der Waals surface area contributed by atoms with E-state index in [4.69, 9.17) is 0 Å². The van der Waals surface area contributed by atoms with E-state index >= 15 is 0 Å². The van der Waals surface area contributed by atoms with Gasteiger partial charge in [-0.2, -0.15) is 4.31 Å². The molecule has 1 aromatic carbocycles. The van der Waals surface area contributed by atoms with E-state index in [-0.39, 0.29) is 28.9 Å². The molecule has 8 nitrogen and oxygen atoms in total. The topological polar surface area (TPSA) is 103 Å². The van der Waals surface area contributed by atoms with E-state index in [2.05, 4.69) is 17.2 Å². The first-order valence-corrected chi connectivity index (χ1v) is 13.0. The highest BCUT2D eigenvalue weighted by molar-refractivity contribution is 7.89. The summed E-state index contributed by atoms with van der Waals surface area (Å²) in [7, 11) is -3.81. The maximum atomic E-state index is 13.3. The summed E-state index contributed by atoms with van der Waals surface area (Å²) in [6.45, 7) is 6.00. The minimum absolute atomic E-state index is 0.0656. The molecule has 2 saturated heterocycles. The molecule has 0 saturated carbocycles. The Morgan fingerprint density at radius 3 is 2.45 bits per heavy atom. The maximum absolute atomic E-state index is 13.3. The molecule has 0 bridgehead atoms. The predicted octanol–water partition coefficient (Wildman–Crippen LogP) is 3.23. The van der Waals surface area contributed by atoms with Crippen LogP contribution >= 0.6 is 0 Å². The number of aryl methyl sites for hydroxylation is 1. The molecule has 33 heavy (non-hydrogen) atoms. The molecule has 1 atom stereocenters. The van der Waals surface area contributed by atoms with Gasteiger partial charge in [-0.05, 0) is 56.7 Å². The molecule has 0 unspecified atom stereocenters. The second-order valence-electron chi connectivity index (χ2n) is 9.28. The van der Waals surface area contributed by atoms with Crippen LogP contribution in [-0.2, 0) is 14.8 Å². The van der Waals surface area contributed by atoms with Gasteiger partial charge in [0.1, 0.15) is 10.6 Å². The average molecular weight is 473 g/mol. The summed E-state index contributed by atoms with van der Waals surface area (Å²) in [6, 6.07) is 8.94. The third kappa shape index (κ3) is 5.30. The number of likely N-dealkylation sites (tertiary alicyclic amines) is 1. The van der Waals surface area contributed by atoms with Gasteiger partial charge in [0, 0.05) is 38.1 Å². The van der Waals surface area contributed by atoms with Gasteiger partial charge in [0.25, 0.3) is 5.91 Å². The third-order valence-corrected chi connectivity index (χ3v) is 8.51. The molecule has 9 heteroatoms.